The summed E-state index contributed by atoms with van der Waals surface area (Å²) in [6.45, 7) is 1.81. The van der Waals surface area contributed by atoms with Crippen LogP contribution in [-0.2, 0) is 20.3 Å². The van der Waals surface area contributed by atoms with E-state index in [1.165, 1.54) is 6.26 Å². The molecular formula is C17H18O4S. The number of ether oxygens (including phenoxy) is 1. The van der Waals surface area contributed by atoms with Gasteiger partial charge in [-0.15, -0.1) is 0 Å². The first-order valence-electron chi connectivity index (χ1n) is 6.88. The highest BCUT2D eigenvalue weighted by atomic mass is 32.2. The Morgan fingerprint density at radius 1 is 1.05 bits per heavy atom. The van der Waals surface area contributed by atoms with Gasteiger partial charge in [-0.25, -0.2) is 13.2 Å². The fraction of sp³-hybridized carbons (Fsp3) is 0.235. The van der Waals surface area contributed by atoms with E-state index in [9.17, 15) is 13.2 Å². The van der Waals surface area contributed by atoms with E-state index in [1.807, 2.05) is 37.3 Å². The maximum atomic E-state index is 12.1. The summed E-state index contributed by atoms with van der Waals surface area (Å²) in [5.74, 6) is -0.467. The number of hydrogen-bond acceptors (Lipinski definition) is 4. The highest BCUT2D eigenvalue weighted by Gasteiger charge is 2.14. The molecule has 5 heteroatoms. The molecule has 0 spiro atoms. The van der Waals surface area contributed by atoms with Crippen LogP contribution >= 0.6 is 0 Å². The van der Waals surface area contributed by atoms with E-state index in [2.05, 4.69) is 0 Å². The third-order valence-corrected chi connectivity index (χ3v) is 4.03. The first-order chi connectivity index (χ1) is 10.3. The van der Waals surface area contributed by atoms with Crippen molar-refractivity contribution >= 4 is 15.8 Å². The average molecular weight is 318 g/mol. The van der Waals surface area contributed by atoms with Crippen LogP contribution in [0.4, 0.5) is 0 Å². The molecule has 0 amide bonds. The number of carbonyl (C=O) groups excluding carboxylic acids is 1. The van der Waals surface area contributed by atoms with E-state index in [4.69, 9.17) is 4.74 Å². The number of rotatable bonds is 5. The maximum Gasteiger partial charge on any atom is 0.338 e. The molecule has 0 aliphatic carbocycles. The highest BCUT2D eigenvalue weighted by Crippen LogP contribution is 2.18. The van der Waals surface area contributed by atoms with Crippen molar-refractivity contribution in [2.24, 2.45) is 0 Å². The Bertz CT molecular complexity index is 734. The van der Waals surface area contributed by atoms with Gasteiger partial charge in [0.05, 0.1) is 11.3 Å². The van der Waals surface area contributed by atoms with Gasteiger partial charge < -0.3 is 4.74 Å². The molecule has 0 saturated heterocycles. The van der Waals surface area contributed by atoms with Gasteiger partial charge in [0.2, 0.25) is 0 Å². The summed E-state index contributed by atoms with van der Waals surface area (Å²) < 4.78 is 27.9. The summed E-state index contributed by atoms with van der Waals surface area (Å²) in [6.07, 6.45) is 0.834. The molecule has 0 aliphatic heterocycles. The van der Waals surface area contributed by atoms with E-state index in [-0.39, 0.29) is 11.9 Å². The van der Waals surface area contributed by atoms with Crippen LogP contribution in [0, 0.1) is 0 Å². The molecule has 0 bridgehead atoms. The van der Waals surface area contributed by atoms with Crippen molar-refractivity contribution in [3.63, 3.8) is 0 Å². The lowest BCUT2D eigenvalue weighted by atomic mass is 10.1. The monoisotopic (exact) mass is 318 g/mol. The van der Waals surface area contributed by atoms with Crippen LogP contribution < -0.4 is 0 Å². The fourth-order valence-corrected chi connectivity index (χ4v) is 2.86. The van der Waals surface area contributed by atoms with Crippen LogP contribution in [0.3, 0.4) is 0 Å². The third kappa shape index (κ3) is 4.70. The second kappa shape index (κ2) is 6.75. The molecule has 22 heavy (non-hydrogen) atoms. The van der Waals surface area contributed by atoms with Gasteiger partial charge in [0, 0.05) is 6.26 Å². The van der Waals surface area contributed by atoms with E-state index in [1.54, 1.807) is 24.3 Å². The molecule has 0 saturated carbocycles. The summed E-state index contributed by atoms with van der Waals surface area (Å²) in [5, 5.41) is 0. The predicted octanol–water partition coefficient (Wildman–Crippen LogP) is 3.15. The molecule has 0 unspecified atom stereocenters. The van der Waals surface area contributed by atoms with Gasteiger partial charge in [0.25, 0.3) is 0 Å². The Hall–Kier alpha value is -2.14. The van der Waals surface area contributed by atoms with Crippen molar-refractivity contribution in [1.29, 1.82) is 0 Å². The SMILES string of the molecule is C[C@@H](OC(=O)c1ccc(CS(C)(=O)=O)cc1)c1ccccc1. The van der Waals surface area contributed by atoms with Gasteiger partial charge in [-0.05, 0) is 30.2 Å². The van der Waals surface area contributed by atoms with Gasteiger partial charge in [-0.1, -0.05) is 42.5 Å². The summed E-state index contributed by atoms with van der Waals surface area (Å²) in [7, 11) is -3.08. The molecule has 0 aromatic heterocycles. The minimum Gasteiger partial charge on any atom is -0.454 e. The van der Waals surface area contributed by atoms with Crippen molar-refractivity contribution in [2.75, 3.05) is 6.26 Å². The van der Waals surface area contributed by atoms with Crippen molar-refractivity contribution in [2.45, 2.75) is 18.8 Å². The second-order valence-corrected chi connectivity index (χ2v) is 7.37. The van der Waals surface area contributed by atoms with E-state index in [0.29, 0.717) is 11.1 Å². The maximum absolute atomic E-state index is 12.1. The second-order valence-electron chi connectivity index (χ2n) is 5.23. The summed E-state index contributed by atoms with van der Waals surface area (Å²) >= 11 is 0. The number of carbonyl (C=O) groups is 1. The quantitative estimate of drug-likeness (QED) is 0.795. The van der Waals surface area contributed by atoms with Crippen LogP contribution in [0.1, 0.15) is 34.5 Å². The molecule has 0 heterocycles. The molecule has 2 aromatic carbocycles. The molecule has 0 fully saturated rings. The standard InChI is InChI=1S/C17H18O4S/c1-13(15-6-4-3-5-7-15)21-17(18)16-10-8-14(9-11-16)12-22(2,19)20/h3-11,13H,12H2,1-2H3/t13-/m1/s1. The van der Waals surface area contributed by atoms with Gasteiger partial charge in [-0.3, -0.25) is 0 Å². The lowest BCUT2D eigenvalue weighted by molar-refractivity contribution is 0.0338. The number of benzene rings is 2. The van der Waals surface area contributed by atoms with Crippen LogP contribution in [0.5, 0.6) is 0 Å². The molecular weight excluding hydrogens is 300 g/mol. The van der Waals surface area contributed by atoms with Crippen molar-refractivity contribution in [3.05, 3.63) is 71.3 Å². The molecule has 1 atom stereocenters. The van der Waals surface area contributed by atoms with Crippen LogP contribution in [0.15, 0.2) is 54.6 Å². The molecule has 2 aromatic rings. The lowest BCUT2D eigenvalue weighted by Crippen LogP contribution is -2.09. The Kier molecular flexibility index (Phi) is 4.98. The summed E-state index contributed by atoms with van der Waals surface area (Å²) in [6, 6.07) is 15.9. The zero-order valence-electron chi connectivity index (χ0n) is 12.5. The topological polar surface area (TPSA) is 60.4 Å². The Morgan fingerprint density at radius 3 is 2.18 bits per heavy atom. The summed E-state index contributed by atoms with van der Waals surface area (Å²) in [5.41, 5.74) is 1.97. The Morgan fingerprint density at radius 2 is 1.64 bits per heavy atom. The lowest BCUT2D eigenvalue weighted by Gasteiger charge is -2.13. The molecule has 0 radical (unpaired) electrons. The smallest absolute Gasteiger partial charge is 0.338 e. The van der Waals surface area contributed by atoms with Crippen molar-refractivity contribution in [1.82, 2.24) is 0 Å². The van der Waals surface area contributed by atoms with E-state index >= 15 is 0 Å². The first-order valence-corrected chi connectivity index (χ1v) is 8.94. The van der Waals surface area contributed by atoms with E-state index in [0.717, 1.165) is 5.56 Å². The predicted molar refractivity (Wildman–Crippen MR) is 85.3 cm³/mol. The summed E-state index contributed by atoms with van der Waals surface area (Å²) in [4.78, 5) is 12.1. The fourth-order valence-electron chi connectivity index (χ4n) is 2.06. The minimum atomic E-state index is -3.08. The molecule has 0 N–H and O–H groups in total. The number of hydrogen-bond donors (Lipinski definition) is 0. The van der Waals surface area contributed by atoms with Crippen LogP contribution in [0.25, 0.3) is 0 Å². The average Bonchev–Trinajstić information content (AvgIpc) is 2.47. The molecule has 0 aliphatic rings. The van der Waals surface area contributed by atoms with Gasteiger partial charge in [0.1, 0.15) is 6.10 Å². The van der Waals surface area contributed by atoms with Crippen LogP contribution in [-0.4, -0.2) is 20.6 Å². The zero-order chi connectivity index (χ0) is 16.2. The largest absolute Gasteiger partial charge is 0.454 e. The minimum absolute atomic E-state index is 0.0389. The first kappa shape index (κ1) is 16.2. The van der Waals surface area contributed by atoms with Gasteiger partial charge in [0.15, 0.2) is 9.84 Å². The van der Waals surface area contributed by atoms with Crippen molar-refractivity contribution < 1.29 is 17.9 Å². The molecule has 2 rings (SSSR count). The Balaban J connectivity index is 2.04. The van der Waals surface area contributed by atoms with Gasteiger partial charge in [-0.2, -0.15) is 0 Å². The van der Waals surface area contributed by atoms with Crippen molar-refractivity contribution in [3.8, 4) is 0 Å². The number of sulfone groups is 1. The van der Waals surface area contributed by atoms with E-state index < -0.39 is 15.8 Å². The third-order valence-electron chi connectivity index (χ3n) is 3.17. The normalized spacial score (nSPS) is 12.6. The van der Waals surface area contributed by atoms with Crippen LogP contribution in [0.2, 0.25) is 0 Å². The number of esters is 1. The highest BCUT2D eigenvalue weighted by molar-refractivity contribution is 7.89. The van der Waals surface area contributed by atoms with Gasteiger partial charge >= 0.3 is 5.97 Å². The Labute approximate surface area is 130 Å². The molecule has 4 nitrogen and oxygen atoms in total. The molecule has 116 valence electrons. The zero-order valence-corrected chi connectivity index (χ0v) is 13.3.